The molecule has 1 aromatic heterocycles. The number of piperazine rings is 1. The van der Waals surface area contributed by atoms with Gasteiger partial charge in [0.15, 0.2) is 0 Å². The maximum atomic E-state index is 12.2. The molecule has 1 aromatic carbocycles. The second kappa shape index (κ2) is 7.45. The summed E-state index contributed by atoms with van der Waals surface area (Å²) in [4.78, 5) is 31.3. The van der Waals surface area contributed by atoms with E-state index in [1.807, 2.05) is 55.5 Å². The normalized spacial score (nSPS) is 15.1. The fourth-order valence-corrected chi connectivity index (χ4v) is 3.74. The minimum Gasteiger partial charge on any atom is -0.444 e. The van der Waals surface area contributed by atoms with E-state index < -0.39 is 5.60 Å². The Morgan fingerprint density at radius 1 is 1.19 bits per heavy atom. The number of fused-ring (bicyclic) bond motifs is 1. The number of hydrogen-bond acceptors (Lipinski definition) is 6. The lowest BCUT2D eigenvalue weighted by Crippen LogP contribution is -2.50. The van der Waals surface area contributed by atoms with Gasteiger partial charge in [-0.3, -0.25) is 10.1 Å². The third-order valence-corrected chi connectivity index (χ3v) is 5.36. The van der Waals surface area contributed by atoms with Gasteiger partial charge in [0.05, 0.1) is 10.4 Å². The highest BCUT2D eigenvalue weighted by Crippen LogP contribution is 2.30. The number of ether oxygens (including phenoxy) is 1. The van der Waals surface area contributed by atoms with Gasteiger partial charge < -0.3 is 14.5 Å². The quantitative estimate of drug-likeness (QED) is 0.368. The van der Waals surface area contributed by atoms with Crippen LogP contribution in [0.5, 0.6) is 0 Å². The Bertz CT molecular complexity index is 889. The number of rotatable bonds is 2. The third-order valence-electron chi connectivity index (χ3n) is 4.22. The van der Waals surface area contributed by atoms with Crippen LogP contribution in [0.2, 0.25) is 0 Å². The Kier molecular flexibility index (Phi) is 5.41. The number of nitro benzene ring substituents is 1. The average Bonchev–Trinajstić information content (AvgIpc) is 2.60. The Balaban J connectivity index is 1.73. The zero-order valence-corrected chi connectivity index (χ0v) is 17.6. The first-order valence-electron chi connectivity index (χ1n) is 8.62. The van der Waals surface area contributed by atoms with Crippen molar-refractivity contribution in [1.82, 2.24) is 9.88 Å². The summed E-state index contributed by atoms with van der Waals surface area (Å²) in [5.74, 6) is 0.802. The first kappa shape index (κ1) is 19.6. The number of benzene rings is 1. The van der Waals surface area contributed by atoms with Crippen LogP contribution in [0, 0.1) is 13.7 Å². The highest BCUT2D eigenvalue weighted by atomic mass is 125. The fraction of sp³-hybridized carbons (Fsp3) is 0.444. The standard InChI is InChI=1S/C18H21IN4O4/c1-18(2,3)27-17(24)22-10-8-21(9-11-22)15-7-4-12-13(20-15)5-6-14(16(12)19)23(25)26/h4-7H,8-11H2,1-3H3/i19-2. The van der Waals surface area contributed by atoms with E-state index in [4.69, 9.17) is 4.74 Å². The van der Waals surface area contributed by atoms with E-state index in [1.165, 1.54) is 6.07 Å². The van der Waals surface area contributed by atoms with E-state index in [0.29, 0.717) is 29.7 Å². The smallest absolute Gasteiger partial charge is 0.410 e. The third kappa shape index (κ3) is 4.40. The van der Waals surface area contributed by atoms with Gasteiger partial charge in [0, 0.05) is 37.6 Å². The van der Waals surface area contributed by atoms with Crippen LogP contribution in [0.3, 0.4) is 0 Å². The second-order valence-electron chi connectivity index (χ2n) is 7.35. The number of nitrogens with zero attached hydrogens (tertiary/aromatic N) is 4. The molecule has 27 heavy (non-hydrogen) atoms. The summed E-state index contributed by atoms with van der Waals surface area (Å²) in [5.41, 5.74) is 0.300. The van der Waals surface area contributed by atoms with Gasteiger partial charge in [-0.1, -0.05) is 0 Å². The molecule has 8 nitrogen and oxygen atoms in total. The molecule has 1 amide bonds. The topological polar surface area (TPSA) is 88.8 Å². The molecule has 0 aliphatic carbocycles. The molecule has 0 bridgehead atoms. The number of hydrogen-bond donors (Lipinski definition) is 0. The molecule has 1 fully saturated rings. The van der Waals surface area contributed by atoms with E-state index in [0.717, 1.165) is 16.7 Å². The van der Waals surface area contributed by atoms with Gasteiger partial charge in [0.1, 0.15) is 15.0 Å². The van der Waals surface area contributed by atoms with Crippen LogP contribution in [0.25, 0.3) is 10.9 Å². The molecule has 2 aromatic rings. The van der Waals surface area contributed by atoms with Crippen LogP contribution < -0.4 is 4.90 Å². The van der Waals surface area contributed by atoms with Gasteiger partial charge in [-0.05, 0) is 61.6 Å². The molecule has 144 valence electrons. The van der Waals surface area contributed by atoms with Crippen molar-refractivity contribution in [2.45, 2.75) is 26.4 Å². The average molecular weight is 482 g/mol. The molecule has 9 heteroatoms. The first-order valence-corrected chi connectivity index (χ1v) is 9.70. The monoisotopic (exact) mass is 482 g/mol. The van der Waals surface area contributed by atoms with Gasteiger partial charge in [0.2, 0.25) is 0 Å². The number of carbonyl (C=O) groups is 1. The van der Waals surface area contributed by atoms with Crippen LogP contribution >= 0.6 is 22.6 Å². The predicted octanol–water partition coefficient (Wildman–Crippen LogP) is 3.80. The summed E-state index contributed by atoms with van der Waals surface area (Å²) in [5, 5.41) is 11.8. The van der Waals surface area contributed by atoms with E-state index in [2.05, 4.69) is 9.88 Å². The van der Waals surface area contributed by atoms with E-state index in [1.54, 1.807) is 11.0 Å². The lowest BCUT2D eigenvalue weighted by molar-refractivity contribution is -0.385. The van der Waals surface area contributed by atoms with Gasteiger partial charge in [-0.2, -0.15) is 0 Å². The molecule has 2 heterocycles. The van der Waals surface area contributed by atoms with Gasteiger partial charge >= 0.3 is 6.09 Å². The van der Waals surface area contributed by atoms with E-state index >= 15 is 0 Å². The Labute approximate surface area is 170 Å². The number of amides is 1. The number of carbonyl (C=O) groups excluding carboxylic acids is 1. The Morgan fingerprint density at radius 2 is 1.85 bits per heavy atom. The Morgan fingerprint density at radius 3 is 2.44 bits per heavy atom. The summed E-state index contributed by atoms with van der Waals surface area (Å²) in [7, 11) is 0. The molecule has 3 rings (SSSR count). The van der Waals surface area contributed by atoms with Crippen molar-refractivity contribution in [3.63, 3.8) is 0 Å². The molecule has 0 unspecified atom stereocenters. The lowest BCUT2D eigenvalue weighted by atomic mass is 10.2. The maximum absolute atomic E-state index is 12.2. The molecule has 0 N–H and O–H groups in total. The molecule has 0 radical (unpaired) electrons. The number of anilines is 1. The molecule has 1 saturated heterocycles. The number of pyridine rings is 1. The minimum absolute atomic E-state index is 0.0867. The summed E-state index contributed by atoms with van der Waals surface area (Å²) in [6, 6.07) is 6.90. The van der Waals surface area contributed by atoms with Gasteiger partial charge in [-0.15, -0.1) is 0 Å². The second-order valence-corrected chi connectivity index (χ2v) is 8.43. The summed E-state index contributed by atoms with van der Waals surface area (Å²) in [6.45, 7) is 7.99. The number of aromatic nitrogens is 1. The van der Waals surface area contributed by atoms with Gasteiger partial charge in [0.25, 0.3) is 5.69 Å². The van der Waals surface area contributed by atoms with Crippen molar-refractivity contribution < 1.29 is 14.5 Å². The molecule has 1 aliphatic heterocycles. The Hall–Kier alpha value is -2.17. The largest absolute Gasteiger partial charge is 0.444 e. The highest BCUT2D eigenvalue weighted by Gasteiger charge is 2.26. The van der Waals surface area contributed by atoms with Gasteiger partial charge in [-0.25, -0.2) is 9.78 Å². The molecule has 0 saturated carbocycles. The van der Waals surface area contributed by atoms with Crippen molar-refractivity contribution >= 4 is 51.1 Å². The number of nitro groups is 1. The van der Waals surface area contributed by atoms with Crippen LogP contribution in [-0.2, 0) is 4.74 Å². The van der Waals surface area contributed by atoms with Crippen molar-refractivity contribution in [1.29, 1.82) is 0 Å². The summed E-state index contributed by atoms with van der Waals surface area (Å²) in [6.07, 6.45) is -0.296. The molecular formula is C18H21IN4O4. The van der Waals surface area contributed by atoms with Crippen molar-refractivity contribution in [3.8, 4) is 0 Å². The lowest BCUT2D eigenvalue weighted by Gasteiger charge is -2.36. The summed E-state index contributed by atoms with van der Waals surface area (Å²) >= 11 is 1.99. The van der Waals surface area contributed by atoms with Crippen LogP contribution in [0.4, 0.5) is 16.3 Å². The van der Waals surface area contributed by atoms with Crippen molar-refractivity contribution in [2.75, 3.05) is 31.1 Å². The first-order chi connectivity index (χ1) is 12.7. The number of halogens is 1. The molecular weight excluding hydrogens is 461 g/mol. The molecule has 0 spiro atoms. The van der Waals surface area contributed by atoms with Crippen molar-refractivity contribution in [3.05, 3.63) is 37.9 Å². The van der Waals surface area contributed by atoms with E-state index in [-0.39, 0.29) is 16.7 Å². The predicted molar refractivity (Wildman–Crippen MR) is 111 cm³/mol. The van der Waals surface area contributed by atoms with Crippen LogP contribution in [-0.4, -0.2) is 52.7 Å². The highest BCUT2D eigenvalue weighted by molar-refractivity contribution is 14.1. The maximum Gasteiger partial charge on any atom is 0.410 e. The minimum atomic E-state index is -0.506. The zero-order chi connectivity index (χ0) is 19.8. The summed E-state index contributed by atoms with van der Waals surface area (Å²) < 4.78 is 6.00. The van der Waals surface area contributed by atoms with E-state index in [9.17, 15) is 14.9 Å². The molecule has 0 atom stereocenters. The fourth-order valence-electron chi connectivity index (χ4n) is 2.91. The zero-order valence-electron chi connectivity index (χ0n) is 15.4. The molecule has 1 aliphatic rings. The van der Waals surface area contributed by atoms with Crippen molar-refractivity contribution in [2.24, 2.45) is 0 Å². The van der Waals surface area contributed by atoms with Crippen LogP contribution in [0.15, 0.2) is 24.3 Å². The van der Waals surface area contributed by atoms with Crippen LogP contribution in [0.1, 0.15) is 20.8 Å². The SMILES string of the molecule is CC(C)(C)OC(=O)N1CCN(c2ccc3c([125I])c([N+](=O)[O-])ccc3n2)CC1.